The molecule has 17 heavy (non-hydrogen) atoms. The third-order valence-electron chi connectivity index (χ3n) is 2.92. The van der Waals surface area contributed by atoms with E-state index >= 15 is 0 Å². The summed E-state index contributed by atoms with van der Waals surface area (Å²) >= 11 is 0. The molecular formula is C14H21NO2. The zero-order chi connectivity index (χ0) is 13.0. The van der Waals surface area contributed by atoms with Crippen molar-refractivity contribution < 1.29 is 9.90 Å². The highest BCUT2D eigenvalue weighted by Gasteiger charge is 2.13. The maximum Gasteiger partial charge on any atom is 0.251 e. The first-order valence-electron chi connectivity index (χ1n) is 5.97. The standard InChI is InChI=1S/C14H21NO2/c1-9-6-5-7-13(12(9)4)14(17)15-10(2)8-11(3)16/h5-7,10-11,16H,8H2,1-4H3,(H,15,17). The third kappa shape index (κ3) is 3.86. The van der Waals surface area contributed by atoms with Gasteiger partial charge in [0.15, 0.2) is 0 Å². The molecule has 0 radical (unpaired) electrons. The first-order chi connectivity index (χ1) is 7.91. The molecule has 0 saturated heterocycles. The molecule has 0 spiro atoms. The van der Waals surface area contributed by atoms with Gasteiger partial charge in [0.1, 0.15) is 0 Å². The number of aliphatic hydroxyl groups excluding tert-OH is 1. The maximum atomic E-state index is 12.0. The summed E-state index contributed by atoms with van der Waals surface area (Å²) in [6.07, 6.45) is 0.167. The average molecular weight is 235 g/mol. The van der Waals surface area contributed by atoms with Crippen molar-refractivity contribution in [1.29, 1.82) is 0 Å². The number of aryl methyl sites for hydroxylation is 1. The van der Waals surface area contributed by atoms with E-state index in [1.807, 2.05) is 39.0 Å². The van der Waals surface area contributed by atoms with Crippen molar-refractivity contribution in [2.45, 2.75) is 46.3 Å². The highest BCUT2D eigenvalue weighted by molar-refractivity contribution is 5.96. The summed E-state index contributed by atoms with van der Waals surface area (Å²) < 4.78 is 0. The van der Waals surface area contributed by atoms with Crippen LogP contribution in [0.3, 0.4) is 0 Å². The van der Waals surface area contributed by atoms with Crippen LogP contribution in [0.25, 0.3) is 0 Å². The van der Waals surface area contributed by atoms with Crippen molar-refractivity contribution in [1.82, 2.24) is 5.32 Å². The molecule has 2 unspecified atom stereocenters. The van der Waals surface area contributed by atoms with Crippen LogP contribution in [-0.2, 0) is 0 Å². The van der Waals surface area contributed by atoms with E-state index in [0.29, 0.717) is 12.0 Å². The van der Waals surface area contributed by atoms with Crippen molar-refractivity contribution in [2.24, 2.45) is 0 Å². The van der Waals surface area contributed by atoms with Gasteiger partial charge < -0.3 is 10.4 Å². The number of benzene rings is 1. The normalized spacial score (nSPS) is 14.2. The second-order valence-corrected chi connectivity index (χ2v) is 4.71. The molecule has 0 aliphatic carbocycles. The minimum absolute atomic E-state index is 0.0255. The van der Waals surface area contributed by atoms with E-state index in [0.717, 1.165) is 11.1 Å². The molecule has 0 bridgehead atoms. The zero-order valence-electron chi connectivity index (χ0n) is 10.9. The second-order valence-electron chi connectivity index (χ2n) is 4.71. The molecule has 1 aromatic rings. The van der Waals surface area contributed by atoms with Crippen LogP contribution < -0.4 is 5.32 Å². The van der Waals surface area contributed by atoms with Crippen LogP contribution in [0.2, 0.25) is 0 Å². The number of rotatable bonds is 4. The fourth-order valence-corrected chi connectivity index (χ4v) is 1.87. The van der Waals surface area contributed by atoms with E-state index in [1.54, 1.807) is 6.92 Å². The number of aliphatic hydroxyl groups is 1. The van der Waals surface area contributed by atoms with Gasteiger partial charge in [-0.1, -0.05) is 12.1 Å². The lowest BCUT2D eigenvalue weighted by Crippen LogP contribution is -2.35. The maximum absolute atomic E-state index is 12.0. The van der Waals surface area contributed by atoms with Crippen molar-refractivity contribution >= 4 is 5.91 Å². The Balaban J connectivity index is 2.73. The molecule has 0 aromatic heterocycles. The van der Waals surface area contributed by atoms with Gasteiger partial charge in [0.05, 0.1) is 6.10 Å². The molecule has 1 aromatic carbocycles. The number of hydrogen-bond acceptors (Lipinski definition) is 2. The van der Waals surface area contributed by atoms with Crippen molar-refractivity contribution in [3.63, 3.8) is 0 Å². The fourth-order valence-electron chi connectivity index (χ4n) is 1.87. The molecule has 2 atom stereocenters. The molecule has 3 heteroatoms. The van der Waals surface area contributed by atoms with Gasteiger partial charge in [-0.25, -0.2) is 0 Å². The highest BCUT2D eigenvalue weighted by atomic mass is 16.3. The van der Waals surface area contributed by atoms with Crippen molar-refractivity contribution in [3.8, 4) is 0 Å². The van der Waals surface area contributed by atoms with Gasteiger partial charge in [-0.15, -0.1) is 0 Å². The van der Waals surface area contributed by atoms with Crippen LogP contribution in [0.1, 0.15) is 41.8 Å². The van der Waals surface area contributed by atoms with Crippen LogP contribution in [0.15, 0.2) is 18.2 Å². The van der Waals surface area contributed by atoms with E-state index in [4.69, 9.17) is 0 Å². The lowest BCUT2D eigenvalue weighted by molar-refractivity contribution is 0.0922. The van der Waals surface area contributed by atoms with Gasteiger partial charge in [0, 0.05) is 11.6 Å². The molecule has 0 saturated carbocycles. The lowest BCUT2D eigenvalue weighted by atomic mass is 10.0. The van der Waals surface area contributed by atoms with E-state index in [-0.39, 0.29) is 11.9 Å². The molecule has 0 aliphatic heterocycles. The first-order valence-corrected chi connectivity index (χ1v) is 5.97. The van der Waals surface area contributed by atoms with Gasteiger partial charge in [-0.2, -0.15) is 0 Å². The Morgan fingerprint density at radius 1 is 1.35 bits per heavy atom. The predicted octanol–water partition coefficient (Wildman–Crippen LogP) is 2.19. The summed E-state index contributed by atoms with van der Waals surface area (Å²) in [5.41, 5.74) is 2.83. The highest BCUT2D eigenvalue weighted by Crippen LogP contribution is 2.13. The summed E-state index contributed by atoms with van der Waals surface area (Å²) in [5.74, 6) is -0.0700. The van der Waals surface area contributed by atoms with Gasteiger partial charge in [-0.05, 0) is 51.3 Å². The molecule has 2 N–H and O–H groups in total. The molecule has 1 amide bonds. The van der Waals surface area contributed by atoms with Crippen LogP contribution in [0.4, 0.5) is 0 Å². The third-order valence-corrected chi connectivity index (χ3v) is 2.92. The summed E-state index contributed by atoms with van der Waals surface area (Å²) in [6.45, 7) is 7.56. The Morgan fingerprint density at radius 3 is 2.59 bits per heavy atom. The average Bonchev–Trinajstić information content (AvgIpc) is 2.20. The minimum Gasteiger partial charge on any atom is -0.393 e. The number of hydrogen-bond donors (Lipinski definition) is 2. The summed E-state index contributed by atoms with van der Waals surface area (Å²) in [6, 6.07) is 5.68. The summed E-state index contributed by atoms with van der Waals surface area (Å²) in [5, 5.41) is 12.2. The zero-order valence-corrected chi connectivity index (χ0v) is 10.9. The van der Waals surface area contributed by atoms with Gasteiger partial charge in [-0.3, -0.25) is 4.79 Å². The van der Waals surface area contributed by atoms with Gasteiger partial charge in [0.25, 0.3) is 5.91 Å². The Labute approximate surface area is 103 Å². The predicted molar refractivity (Wildman–Crippen MR) is 69.1 cm³/mol. The van der Waals surface area contributed by atoms with Crippen molar-refractivity contribution in [2.75, 3.05) is 0 Å². The first kappa shape index (κ1) is 13.7. The Bertz CT molecular complexity index is 399. The minimum atomic E-state index is -0.399. The van der Waals surface area contributed by atoms with Crippen LogP contribution >= 0.6 is 0 Å². The molecule has 0 heterocycles. The monoisotopic (exact) mass is 235 g/mol. The van der Waals surface area contributed by atoms with Gasteiger partial charge >= 0.3 is 0 Å². The SMILES string of the molecule is Cc1cccc(C(=O)NC(C)CC(C)O)c1C. The number of nitrogens with one attached hydrogen (secondary N) is 1. The molecule has 0 fully saturated rings. The quantitative estimate of drug-likeness (QED) is 0.840. The molecular weight excluding hydrogens is 214 g/mol. The van der Waals surface area contributed by atoms with Crippen molar-refractivity contribution in [3.05, 3.63) is 34.9 Å². The summed E-state index contributed by atoms with van der Waals surface area (Å²) in [7, 11) is 0. The molecule has 94 valence electrons. The number of carbonyl (C=O) groups excluding carboxylic acids is 1. The van der Waals surface area contributed by atoms with Crippen LogP contribution in [0.5, 0.6) is 0 Å². The smallest absolute Gasteiger partial charge is 0.251 e. The Morgan fingerprint density at radius 2 is 2.00 bits per heavy atom. The second kappa shape index (κ2) is 5.82. The van der Waals surface area contributed by atoms with Crippen LogP contribution in [-0.4, -0.2) is 23.2 Å². The van der Waals surface area contributed by atoms with E-state index < -0.39 is 6.10 Å². The van der Waals surface area contributed by atoms with Crippen LogP contribution in [0, 0.1) is 13.8 Å². The fraction of sp³-hybridized carbons (Fsp3) is 0.500. The van der Waals surface area contributed by atoms with E-state index in [1.165, 1.54) is 0 Å². The number of carbonyl (C=O) groups is 1. The molecule has 0 aliphatic rings. The molecule has 3 nitrogen and oxygen atoms in total. The summed E-state index contributed by atoms with van der Waals surface area (Å²) in [4.78, 5) is 12.0. The largest absolute Gasteiger partial charge is 0.393 e. The Hall–Kier alpha value is -1.35. The molecule has 1 rings (SSSR count). The number of amides is 1. The Kier molecular flexibility index (Phi) is 4.70. The van der Waals surface area contributed by atoms with E-state index in [9.17, 15) is 9.90 Å². The topological polar surface area (TPSA) is 49.3 Å². The lowest BCUT2D eigenvalue weighted by Gasteiger charge is -2.16. The van der Waals surface area contributed by atoms with Gasteiger partial charge in [0.2, 0.25) is 0 Å². The van der Waals surface area contributed by atoms with E-state index in [2.05, 4.69) is 5.32 Å².